The Kier molecular flexibility index (Phi) is 4.43. The lowest BCUT2D eigenvalue weighted by atomic mass is 10.2. The molecule has 0 atom stereocenters. The van der Waals surface area contributed by atoms with Crippen LogP contribution in [-0.4, -0.2) is 7.11 Å². The lowest BCUT2D eigenvalue weighted by molar-refractivity contribution is 0.412. The van der Waals surface area contributed by atoms with Crippen molar-refractivity contribution in [3.63, 3.8) is 0 Å². The van der Waals surface area contributed by atoms with Crippen LogP contribution in [-0.2, 0) is 6.54 Å². The first-order valence-electron chi connectivity index (χ1n) is 5.92. The second-order valence-electron chi connectivity index (χ2n) is 4.29. The van der Waals surface area contributed by atoms with Gasteiger partial charge in [0.2, 0.25) is 0 Å². The summed E-state index contributed by atoms with van der Waals surface area (Å²) in [5.74, 6) is 0.603. The zero-order valence-corrected chi connectivity index (χ0v) is 12.4. The fraction of sp³-hybridized carbons (Fsp3) is 0.200. The van der Waals surface area contributed by atoms with Crippen LogP contribution < -0.4 is 10.1 Å². The van der Waals surface area contributed by atoms with Gasteiger partial charge in [0, 0.05) is 12.2 Å². The minimum atomic E-state index is -0.194. The van der Waals surface area contributed by atoms with Gasteiger partial charge in [-0.3, -0.25) is 0 Å². The van der Waals surface area contributed by atoms with E-state index in [0.717, 1.165) is 21.5 Å². The molecular weight excluding hydrogens is 309 g/mol. The Morgan fingerprint density at radius 2 is 2.00 bits per heavy atom. The second-order valence-corrected chi connectivity index (χ2v) is 5.14. The summed E-state index contributed by atoms with van der Waals surface area (Å²) in [6, 6.07) is 11.0. The maximum atomic E-state index is 13.4. The number of halogens is 2. The van der Waals surface area contributed by atoms with Crippen molar-refractivity contribution >= 4 is 21.6 Å². The summed E-state index contributed by atoms with van der Waals surface area (Å²) in [4.78, 5) is 0. The fourth-order valence-corrected chi connectivity index (χ4v) is 2.31. The molecule has 2 rings (SSSR count). The number of methoxy groups -OCH3 is 1. The number of hydrogen-bond acceptors (Lipinski definition) is 2. The van der Waals surface area contributed by atoms with Crippen LogP contribution in [0.4, 0.5) is 10.1 Å². The molecule has 0 fully saturated rings. The largest absolute Gasteiger partial charge is 0.496 e. The van der Waals surface area contributed by atoms with Crippen LogP contribution in [0.25, 0.3) is 0 Å². The van der Waals surface area contributed by atoms with Crippen LogP contribution in [0.1, 0.15) is 11.1 Å². The average molecular weight is 324 g/mol. The molecule has 1 N–H and O–H groups in total. The first-order chi connectivity index (χ1) is 9.10. The van der Waals surface area contributed by atoms with Crippen molar-refractivity contribution in [3.8, 4) is 5.75 Å². The van der Waals surface area contributed by atoms with Gasteiger partial charge in [-0.1, -0.05) is 12.1 Å². The Morgan fingerprint density at radius 1 is 1.21 bits per heavy atom. The van der Waals surface area contributed by atoms with Crippen molar-refractivity contribution in [1.82, 2.24) is 0 Å². The van der Waals surface area contributed by atoms with E-state index in [2.05, 4.69) is 21.2 Å². The molecule has 4 heteroatoms. The van der Waals surface area contributed by atoms with Gasteiger partial charge in [-0.15, -0.1) is 0 Å². The first kappa shape index (κ1) is 13.9. The van der Waals surface area contributed by atoms with E-state index in [1.54, 1.807) is 20.1 Å². The smallest absolute Gasteiger partial charge is 0.133 e. The van der Waals surface area contributed by atoms with Crippen molar-refractivity contribution < 1.29 is 9.13 Å². The lowest BCUT2D eigenvalue weighted by Crippen LogP contribution is -2.00. The summed E-state index contributed by atoms with van der Waals surface area (Å²) in [5.41, 5.74) is 2.52. The zero-order valence-electron chi connectivity index (χ0n) is 10.8. The third kappa shape index (κ3) is 3.47. The number of hydrogen-bond donors (Lipinski definition) is 1. The number of rotatable bonds is 4. The molecule has 0 radical (unpaired) electrons. The highest BCUT2D eigenvalue weighted by molar-refractivity contribution is 9.10. The van der Waals surface area contributed by atoms with Crippen LogP contribution in [0, 0.1) is 12.7 Å². The van der Waals surface area contributed by atoms with Crippen LogP contribution in [0.15, 0.2) is 40.9 Å². The van der Waals surface area contributed by atoms with Crippen LogP contribution in [0.2, 0.25) is 0 Å². The Bertz CT molecular complexity index is 586. The van der Waals surface area contributed by atoms with Gasteiger partial charge < -0.3 is 10.1 Å². The third-order valence-electron chi connectivity index (χ3n) is 2.88. The number of nitrogens with one attached hydrogen (secondary N) is 1. The molecule has 0 saturated heterocycles. The summed E-state index contributed by atoms with van der Waals surface area (Å²) in [5, 5.41) is 3.19. The molecule has 0 aromatic heterocycles. The molecule has 0 bridgehead atoms. The van der Waals surface area contributed by atoms with Crippen LogP contribution >= 0.6 is 15.9 Å². The van der Waals surface area contributed by atoms with Gasteiger partial charge in [0.1, 0.15) is 11.6 Å². The molecule has 2 aromatic rings. The molecule has 100 valence electrons. The van der Waals surface area contributed by atoms with E-state index in [-0.39, 0.29) is 5.82 Å². The second kappa shape index (κ2) is 6.06. The number of ether oxygens (including phenoxy) is 1. The number of anilines is 1. The van der Waals surface area contributed by atoms with E-state index in [4.69, 9.17) is 4.74 Å². The topological polar surface area (TPSA) is 21.3 Å². The SMILES string of the molecule is COc1ccc(CNc2ccc(C)c(F)c2)cc1Br. The minimum absolute atomic E-state index is 0.194. The molecule has 0 unspecified atom stereocenters. The predicted molar refractivity (Wildman–Crippen MR) is 79.2 cm³/mol. The molecule has 19 heavy (non-hydrogen) atoms. The molecule has 0 saturated carbocycles. The Morgan fingerprint density at radius 3 is 2.63 bits per heavy atom. The molecule has 0 aliphatic rings. The molecule has 0 aliphatic carbocycles. The van der Waals surface area contributed by atoms with Gasteiger partial charge in [-0.05, 0) is 58.2 Å². The van der Waals surface area contributed by atoms with E-state index < -0.39 is 0 Å². The van der Waals surface area contributed by atoms with Crippen LogP contribution in [0.5, 0.6) is 5.75 Å². The van der Waals surface area contributed by atoms with Gasteiger partial charge in [0.15, 0.2) is 0 Å². The molecule has 0 heterocycles. The summed E-state index contributed by atoms with van der Waals surface area (Å²) in [6.45, 7) is 2.38. The quantitative estimate of drug-likeness (QED) is 0.893. The van der Waals surface area contributed by atoms with E-state index >= 15 is 0 Å². The number of aryl methyl sites for hydroxylation is 1. The molecule has 2 aromatic carbocycles. The minimum Gasteiger partial charge on any atom is -0.496 e. The van der Waals surface area contributed by atoms with Gasteiger partial charge in [0.25, 0.3) is 0 Å². The van der Waals surface area contributed by atoms with Crippen LogP contribution in [0.3, 0.4) is 0 Å². The van der Waals surface area contributed by atoms with Gasteiger partial charge >= 0.3 is 0 Å². The average Bonchev–Trinajstić information content (AvgIpc) is 2.40. The predicted octanol–water partition coefficient (Wildman–Crippen LogP) is 4.52. The molecular formula is C15H15BrFNO. The standard InChI is InChI=1S/C15H15BrFNO/c1-10-3-5-12(8-14(10)17)18-9-11-4-6-15(19-2)13(16)7-11/h3-8,18H,9H2,1-2H3. The Hall–Kier alpha value is -1.55. The van der Waals surface area contributed by atoms with E-state index in [0.29, 0.717) is 12.1 Å². The molecule has 0 spiro atoms. The Labute approximate surface area is 120 Å². The van der Waals surface area contributed by atoms with E-state index in [1.165, 1.54) is 6.07 Å². The van der Waals surface area contributed by atoms with Gasteiger partial charge in [-0.25, -0.2) is 4.39 Å². The number of benzene rings is 2. The maximum Gasteiger partial charge on any atom is 0.133 e. The van der Waals surface area contributed by atoms with Gasteiger partial charge in [-0.2, -0.15) is 0 Å². The zero-order chi connectivity index (χ0) is 13.8. The molecule has 0 aliphatic heterocycles. The maximum absolute atomic E-state index is 13.4. The van der Waals surface area contributed by atoms with Crippen molar-refractivity contribution in [2.75, 3.05) is 12.4 Å². The van der Waals surface area contributed by atoms with Gasteiger partial charge in [0.05, 0.1) is 11.6 Å². The highest BCUT2D eigenvalue weighted by atomic mass is 79.9. The lowest BCUT2D eigenvalue weighted by Gasteiger charge is -2.09. The monoisotopic (exact) mass is 323 g/mol. The first-order valence-corrected chi connectivity index (χ1v) is 6.72. The fourth-order valence-electron chi connectivity index (χ4n) is 1.73. The summed E-state index contributed by atoms with van der Waals surface area (Å²) < 4.78 is 19.5. The summed E-state index contributed by atoms with van der Waals surface area (Å²) >= 11 is 3.44. The van der Waals surface area contributed by atoms with Crippen molar-refractivity contribution in [2.45, 2.75) is 13.5 Å². The highest BCUT2D eigenvalue weighted by Crippen LogP contribution is 2.26. The van der Waals surface area contributed by atoms with Crippen molar-refractivity contribution in [2.24, 2.45) is 0 Å². The molecule has 2 nitrogen and oxygen atoms in total. The van der Waals surface area contributed by atoms with Crippen molar-refractivity contribution in [3.05, 3.63) is 57.8 Å². The summed E-state index contributed by atoms with van der Waals surface area (Å²) in [6.07, 6.45) is 0. The van der Waals surface area contributed by atoms with E-state index in [9.17, 15) is 4.39 Å². The molecule has 0 amide bonds. The van der Waals surface area contributed by atoms with Crippen molar-refractivity contribution in [1.29, 1.82) is 0 Å². The Balaban J connectivity index is 2.05. The highest BCUT2D eigenvalue weighted by Gasteiger charge is 2.02. The third-order valence-corrected chi connectivity index (χ3v) is 3.50. The van der Waals surface area contributed by atoms with E-state index in [1.807, 2.05) is 24.3 Å². The summed E-state index contributed by atoms with van der Waals surface area (Å²) in [7, 11) is 1.63. The normalized spacial score (nSPS) is 10.3.